The van der Waals surface area contributed by atoms with Crippen LogP contribution in [0.25, 0.3) is 0 Å². The molecule has 0 aliphatic rings. The van der Waals surface area contributed by atoms with Crippen molar-refractivity contribution in [3.8, 4) is 5.75 Å². The number of esters is 1. The number of hydrogen-bond acceptors (Lipinski definition) is 3. The lowest BCUT2D eigenvalue weighted by molar-refractivity contribution is 0.0697. The molecule has 0 atom stereocenters. The fraction of sp³-hybridized carbons (Fsp3) is 0.100. The molecule has 0 saturated carbocycles. The molecule has 0 amide bonds. The van der Waals surface area contributed by atoms with Crippen LogP contribution in [0.3, 0.4) is 0 Å². The van der Waals surface area contributed by atoms with Crippen LogP contribution in [-0.4, -0.2) is 17.0 Å². The van der Waals surface area contributed by atoms with Crippen molar-refractivity contribution >= 4 is 11.9 Å². The van der Waals surface area contributed by atoms with Crippen LogP contribution in [0.1, 0.15) is 31.8 Å². The molecule has 0 aliphatic carbocycles. The minimum Gasteiger partial charge on any atom is -0.478 e. The highest BCUT2D eigenvalue weighted by molar-refractivity contribution is 5.95. The molecule has 0 fully saturated rings. The Bertz CT molecular complexity index is 790. The first-order valence-electron chi connectivity index (χ1n) is 7.45. The van der Waals surface area contributed by atoms with Crippen molar-refractivity contribution in [1.29, 1.82) is 0 Å². The first-order valence-corrected chi connectivity index (χ1v) is 7.45. The topological polar surface area (TPSA) is 63.6 Å². The molecule has 4 nitrogen and oxygen atoms in total. The van der Waals surface area contributed by atoms with Crippen molar-refractivity contribution in [1.82, 2.24) is 0 Å². The molecule has 0 heterocycles. The van der Waals surface area contributed by atoms with Gasteiger partial charge in [0.05, 0.1) is 11.1 Å². The molecule has 2 aromatic rings. The van der Waals surface area contributed by atoms with E-state index in [-0.39, 0.29) is 11.1 Å². The van der Waals surface area contributed by atoms with E-state index in [0.29, 0.717) is 18.6 Å². The van der Waals surface area contributed by atoms with Gasteiger partial charge in [0.25, 0.3) is 0 Å². The summed E-state index contributed by atoms with van der Waals surface area (Å²) < 4.78 is 5.49. The predicted octanol–water partition coefficient (Wildman–Crippen LogP) is 4.06. The lowest BCUT2D eigenvalue weighted by Gasteiger charge is -2.13. The molecule has 0 bridgehead atoms. The molecule has 2 rings (SSSR count). The quantitative estimate of drug-likeness (QED) is 0.474. The van der Waals surface area contributed by atoms with E-state index in [1.54, 1.807) is 18.2 Å². The number of hydrogen-bond donors (Lipinski definition) is 1. The Morgan fingerprint density at radius 3 is 2.33 bits per heavy atom. The fourth-order valence-electron chi connectivity index (χ4n) is 2.37. The van der Waals surface area contributed by atoms with Crippen LogP contribution in [0.2, 0.25) is 0 Å². The van der Waals surface area contributed by atoms with E-state index >= 15 is 0 Å². The molecule has 2 aromatic carbocycles. The number of carboxylic acid groups (broad SMARTS) is 1. The normalized spacial score (nSPS) is 10.0. The summed E-state index contributed by atoms with van der Waals surface area (Å²) >= 11 is 0. The van der Waals surface area contributed by atoms with Crippen LogP contribution >= 0.6 is 0 Å². The lowest BCUT2D eigenvalue weighted by atomic mass is 10.0. The van der Waals surface area contributed by atoms with Gasteiger partial charge in [0, 0.05) is 5.56 Å². The van der Waals surface area contributed by atoms with Crippen molar-refractivity contribution in [3.05, 3.63) is 90.0 Å². The second-order valence-corrected chi connectivity index (χ2v) is 5.15. The summed E-state index contributed by atoms with van der Waals surface area (Å²) in [6.45, 7) is 7.47. The van der Waals surface area contributed by atoms with Gasteiger partial charge >= 0.3 is 11.9 Å². The molecule has 0 saturated heterocycles. The molecular weight excluding hydrogens is 304 g/mol. The Hall–Kier alpha value is -3.14. The molecule has 1 N–H and O–H groups in total. The number of ether oxygens (including phenoxy) is 1. The maximum absolute atomic E-state index is 12.4. The van der Waals surface area contributed by atoms with E-state index in [1.807, 2.05) is 12.1 Å². The standard InChI is InChI=1S/C20H18O4/c1-3-7-14-9-6-12-18(17(14)8-4-2)24-20(23)16-11-5-10-15(13-16)19(21)22/h3-6,9-13H,1-2,7-8H2,(H,21,22). The first-order chi connectivity index (χ1) is 11.6. The average Bonchev–Trinajstić information content (AvgIpc) is 2.58. The van der Waals surface area contributed by atoms with E-state index in [1.165, 1.54) is 24.3 Å². The van der Waals surface area contributed by atoms with Gasteiger partial charge in [0.2, 0.25) is 0 Å². The summed E-state index contributed by atoms with van der Waals surface area (Å²) in [4.78, 5) is 23.4. The van der Waals surface area contributed by atoms with Gasteiger partial charge in [-0.05, 0) is 42.7 Å². The first kappa shape index (κ1) is 17.2. The third kappa shape index (κ3) is 3.98. The Labute approximate surface area is 140 Å². The molecule has 24 heavy (non-hydrogen) atoms. The lowest BCUT2D eigenvalue weighted by Crippen LogP contribution is -2.11. The van der Waals surface area contributed by atoms with E-state index in [4.69, 9.17) is 9.84 Å². The summed E-state index contributed by atoms with van der Waals surface area (Å²) in [5.41, 5.74) is 2.11. The Morgan fingerprint density at radius 2 is 1.67 bits per heavy atom. The summed E-state index contributed by atoms with van der Waals surface area (Å²) in [6, 6.07) is 11.2. The van der Waals surface area contributed by atoms with Crippen molar-refractivity contribution in [2.45, 2.75) is 12.8 Å². The van der Waals surface area contributed by atoms with E-state index < -0.39 is 11.9 Å². The van der Waals surface area contributed by atoms with Crippen molar-refractivity contribution in [2.24, 2.45) is 0 Å². The van der Waals surface area contributed by atoms with Crippen LogP contribution < -0.4 is 4.74 Å². The number of carbonyl (C=O) groups is 2. The third-order valence-corrected chi connectivity index (χ3v) is 3.49. The largest absolute Gasteiger partial charge is 0.478 e. The minimum absolute atomic E-state index is 0.0381. The summed E-state index contributed by atoms with van der Waals surface area (Å²) in [6.07, 6.45) is 4.74. The summed E-state index contributed by atoms with van der Waals surface area (Å²) in [5, 5.41) is 9.02. The maximum Gasteiger partial charge on any atom is 0.343 e. The van der Waals surface area contributed by atoms with Gasteiger partial charge in [-0.2, -0.15) is 0 Å². The van der Waals surface area contributed by atoms with E-state index in [9.17, 15) is 9.59 Å². The zero-order valence-electron chi connectivity index (χ0n) is 13.2. The van der Waals surface area contributed by atoms with Gasteiger partial charge < -0.3 is 9.84 Å². The highest BCUT2D eigenvalue weighted by Crippen LogP contribution is 2.25. The summed E-state index contributed by atoms with van der Waals surface area (Å²) in [5.74, 6) is -1.25. The zero-order chi connectivity index (χ0) is 17.5. The Balaban J connectivity index is 2.33. The van der Waals surface area contributed by atoms with E-state index in [0.717, 1.165) is 11.1 Å². The van der Waals surface area contributed by atoms with E-state index in [2.05, 4.69) is 13.2 Å². The van der Waals surface area contributed by atoms with Crippen molar-refractivity contribution in [3.63, 3.8) is 0 Å². The summed E-state index contributed by atoms with van der Waals surface area (Å²) in [7, 11) is 0. The minimum atomic E-state index is -1.09. The molecule has 0 aromatic heterocycles. The smallest absolute Gasteiger partial charge is 0.343 e. The highest BCUT2D eigenvalue weighted by atomic mass is 16.5. The molecule has 4 heteroatoms. The van der Waals surface area contributed by atoms with Gasteiger partial charge in [-0.1, -0.05) is 30.4 Å². The number of carbonyl (C=O) groups excluding carboxylic acids is 1. The van der Waals surface area contributed by atoms with Gasteiger partial charge in [-0.3, -0.25) is 0 Å². The number of carboxylic acids is 1. The molecule has 0 radical (unpaired) electrons. The molecule has 0 aliphatic heterocycles. The molecular formula is C20H18O4. The van der Waals surface area contributed by atoms with Gasteiger partial charge in [0.15, 0.2) is 0 Å². The fourth-order valence-corrected chi connectivity index (χ4v) is 2.37. The third-order valence-electron chi connectivity index (χ3n) is 3.49. The molecule has 0 unspecified atom stereocenters. The maximum atomic E-state index is 12.4. The van der Waals surface area contributed by atoms with Crippen LogP contribution in [0, 0.1) is 0 Å². The Kier molecular flexibility index (Phi) is 5.68. The molecule has 0 spiro atoms. The van der Waals surface area contributed by atoms with Crippen LogP contribution in [-0.2, 0) is 12.8 Å². The predicted molar refractivity (Wildman–Crippen MR) is 92.6 cm³/mol. The monoisotopic (exact) mass is 322 g/mol. The number of allylic oxidation sites excluding steroid dienone is 2. The van der Waals surface area contributed by atoms with Gasteiger partial charge in [-0.15, -0.1) is 13.2 Å². The van der Waals surface area contributed by atoms with Crippen LogP contribution in [0.5, 0.6) is 5.75 Å². The second-order valence-electron chi connectivity index (χ2n) is 5.15. The van der Waals surface area contributed by atoms with Crippen LogP contribution in [0.15, 0.2) is 67.8 Å². The molecule has 122 valence electrons. The van der Waals surface area contributed by atoms with Crippen molar-refractivity contribution in [2.75, 3.05) is 0 Å². The SMILES string of the molecule is C=CCc1cccc(OC(=O)c2cccc(C(=O)O)c2)c1CC=C. The average molecular weight is 322 g/mol. The Morgan fingerprint density at radius 1 is 1.00 bits per heavy atom. The zero-order valence-corrected chi connectivity index (χ0v) is 13.2. The number of rotatable bonds is 7. The highest BCUT2D eigenvalue weighted by Gasteiger charge is 2.15. The van der Waals surface area contributed by atoms with Gasteiger partial charge in [0.1, 0.15) is 5.75 Å². The van der Waals surface area contributed by atoms with Crippen molar-refractivity contribution < 1.29 is 19.4 Å². The number of benzene rings is 2. The van der Waals surface area contributed by atoms with Crippen LogP contribution in [0.4, 0.5) is 0 Å². The van der Waals surface area contributed by atoms with Gasteiger partial charge in [-0.25, -0.2) is 9.59 Å². The number of aromatic carboxylic acids is 1. The second kappa shape index (κ2) is 7.92.